The van der Waals surface area contributed by atoms with E-state index >= 15 is 0 Å². The van der Waals surface area contributed by atoms with Crippen molar-refractivity contribution in [3.8, 4) is 0 Å². The summed E-state index contributed by atoms with van der Waals surface area (Å²) in [5, 5.41) is 10.5. The van der Waals surface area contributed by atoms with E-state index in [2.05, 4.69) is 31.4 Å². The SMILES string of the molecule is CSc1c(CO)sc2cc(C)ccc12. The van der Waals surface area contributed by atoms with Crippen LogP contribution in [-0.2, 0) is 6.61 Å². The zero-order valence-electron chi connectivity index (χ0n) is 8.20. The summed E-state index contributed by atoms with van der Waals surface area (Å²) < 4.78 is 1.28. The molecule has 0 atom stereocenters. The number of hydrogen-bond donors (Lipinski definition) is 1. The van der Waals surface area contributed by atoms with Gasteiger partial charge in [0.1, 0.15) is 0 Å². The summed E-state index contributed by atoms with van der Waals surface area (Å²) in [5.74, 6) is 0. The van der Waals surface area contributed by atoms with Gasteiger partial charge >= 0.3 is 0 Å². The highest BCUT2D eigenvalue weighted by Crippen LogP contribution is 2.37. The number of thioether (sulfide) groups is 1. The summed E-state index contributed by atoms with van der Waals surface area (Å²) in [7, 11) is 0. The molecule has 0 fully saturated rings. The molecule has 74 valence electrons. The number of benzene rings is 1. The van der Waals surface area contributed by atoms with Crippen LogP contribution in [0.2, 0.25) is 0 Å². The lowest BCUT2D eigenvalue weighted by Gasteiger charge is -1.97. The van der Waals surface area contributed by atoms with Crippen molar-refractivity contribution in [1.29, 1.82) is 0 Å². The monoisotopic (exact) mass is 224 g/mol. The van der Waals surface area contributed by atoms with Crippen molar-refractivity contribution in [2.24, 2.45) is 0 Å². The molecule has 1 heterocycles. The summed E-state index contributed by atoms with van der Waals surface area (Å²) in [5.41, 5.74) is 1.27. The van der Waals surface area contributed by atoms with Crippen molar-refractivity contribution < 1.29 is 5.11 Å². The molecule has 0 amide bonds. The lowest BCUT2D eigenvalue weighted by atomic mass is 10.2. The molecule has 0 bridgehead atoms. The van der Waals surface area contributed by atoms with Crippen molar-refractivity contribution in [3.05, 3.63) is 28.6 Å². The molecule has 0 radical (unpaired) electrons. The first-order valence-electron chi connectivity index (χ1n) is 4.43. The minimum absolute atomic E-state index is 0.147. The van der Waals surface area contributed by atoms with Crippen LogP contribution in [-0.4, -0.2) is 11.4 Å². The van der Waals surface area contributed by atoms with E-state index in [0.29, 0.717) is 0 Å². The third-order valence-electron chi connectivity index (χ3n) is 2.22. The summed E-state index contributed by atoms with van der Waals surface area (Å²) in [4.78, 5) is 2.31. The Hall–Kier alpha value is -0.510. The smallest absolute Gasteiger partial charge is 0.0786 e. The third kappa shape index (κ3) is 1.56. The van der Waals surface area contributed by atoms with Crippen LogP contribution in [0.5, 0.6) is 0 Å². The molecule has 0 saturated carbocycles. The third-order valence-corrected chi connectivity index (χ3v) is 4.36. The van der Waals surface area contributed by atoms with E-state index in [4.69, 9.17) is 0 Å². The van der Waals surface area contributed by atoms with Crippen LogP contribution in [0.1, 0.15) is 10.4 Å². The van der Waals surface area contributed by atoms with Gasteiger partial charge in [-0.15, -0.1) is 23.1 Å². The Morgan fingerprint density at radius 2 is 2.21 bits per heavy atom. The van der Waals surface area contributed by atoms with Crippen molar-refractivity contribution in [2.45, 2.75) is 18.4 Å². The van der Waals surface area contributed by atoms with Crippen molar-refractivity contribution in [2.75, 3.05) is 6.26 Å². The number of rotatable bonds is 2. The molecule has 0 aliphatic heterocycles. The molecule has 0 aliphatic rings. The molecule has 2 rings (SSSR count). The summed E-state index contributed by atoms with van der Waals surface area (Å²) in [6, 6.07) is 6.45. The topological polar surface area (TPSA) is 20.2 Å². The van der Waals surface area contributed by atoms with Gasteiger partial charge in [-0.3, -0.25) is 0 Å². The molecule has 0 aliphatic carbocycles. The predicted molar refractivity (Wildman–Crippen MR) is 64.3 cm³/mol. The van der Waals surface area contributed by atoms with Crippen molar-refractivity contribution >= 4 is 33.2 Å². The second kappa shape index (κ2) is 3.93. The Morgan fingerprint density at radius 1 is 1.43 bits per heavy atom. The fraction of sp³-hybridized carbons (Fsp3) is 0.273. The standard InChI is InChI=1S/C11H12OS2/c1-7-3-4-8-9(5-7)14-10(6-12)11(8)13-2/h3-5,12H,6H2,1-2H3. The van der Waals surface area contributed by atoms with E-state index in [1.165, 1.54) is 20.5 Å². The first-order valence-corrected chi connectivity index (χ1v) is 6.47. The van der Waals surface area contributed by atoms with E-state index in [-0.39, 0.29) is 6.61 Å². The van der Waals surface area contributed by atoms with Gasteiger partial charge in [0.15, 0.2) is 0 Å². The van der Waals surface area contributed by atoms with Gasteiger partial charge in [0.25, 0.3) is 0 Å². The number of hydrogen-bond acceptors (Lipinski definition) is 3. The largest absolute Gasteiger partial charge is 0.391 e. The van der Waals surface area contributed by atoms with E-state index in [1.54, 1.807) is 23.1 Å². The van der Waals surface area contributed by atoms with Crippen LogP contribution in [0.4, 0.5) is 0 Å². The molecule has 1 aromatic heterocycles. The van der Waals surface area contributed by atoms with Crippen molar-refractivity contribution in [1.82, 2.24) is 0 Å². The van der Waals surface area contributed by atoms with Crippen LogP contribution < -0.4 is 0 Å². The van der Waals surface area contributed by atoms with E-state index in [1.807, 2.05) is 0 Å². The van der Waals surface area contributed by atoms with Gasteiger partial charge in [-0.2, -0.15) is 0 Å². The van der Waals surface area contributed by atoms with Gasteiger partial charge in [0.2, 0.25) is 0 Å². The van der Waals surface area contributed by atoms with Gasteiger partial charge in [0.05, 0.1) is 6.61 Å². The second-order valence-electron chi connectivity index (χ2n) is 3.22. The van der Waals surface area contributed by atoms with Gasteiger partial charge in [-0.1, -0.05) is 12.1 Å². The number of fused-ring (bicyclic) bond motifs is 1. The highest BCUT2D eigenvalue weighted by Gasteiger charge is 2.09. The zero-order chi connectivity index (χ0) is 10.1. The predicted octanol–water partition coefficient (Wildman–Crippen LogP) is 3.42. The minimum atomic E-state index is 0.147. The fourth-order valence-corrected chi connectivity index (χ4v) is 3.75. The quantitative estimate of drug-likeness (QED) is 0.789. The molecule has 0 spiro atoms. The summed E-state index contributed by atoms with van der Waals surface area (Å²) in [6.07, 6.45) is 2.06. The number of aliphatic hydroxyl groups excluding tert-OH is 1. The molecule has 1 N–H and O–H groups in total. The second-order valence-corrected chi connectivity index (χ2v) is 5.17. The van der Waals surface area contributed by atoms with Gasteiger partial charge in [-0.05, 0) is 24.8 Å². The summed E-state index contributed by atoms with van der Waals surface area (Å²) >= 11 is 3.40. The average Bonchev–Trinajstić information content (AvgIpc) is 2.54. The first-order chi connectivity index (χ1) is 6.76. The lowest BCUT2D eigenvalue weighted by Crippen LogP contribution is -1.78. The normalized spacial score (nSPS) is 11.1. The number of aliphatic hydroxyl groups is 1. The first kappa shape index (κ1) is 10.0. The molecular formula is C11H12OS2. The molecule has 2 aromatic rings. The maximum absolute atomic E-state index is 9.22. The van der Waals surface area contributed by atoms with Gasteiger partial charge in [-0.25, -0.2) is 0 Å². The molecule has 1 nitrogen and oxygen atoms in total. The van der Waals surface area contributed by atoms with Crippen molar-refractivity contribution in [3.63, 3.8) is 0 Å². The van der Waals surface area contributed by atoms with Crippen LogP contribution in [0, 0.1) is 6.92 Å². The Balaban J connectivity index is 2.73. The maximum atomic E-state index is 9.22. The highest BCUT2D eigenvalue weighted by molar-refractivity contribution is 7.99. The average molecular weight is 224 g/mol. The molecule has 1 aromatic carbocycles. The Kier molecular flexibility index (Phi) is 2.81. The Morgan fingerprint density at radius 3 is 2.86 bits per heavy atom. The molecular weight excluding hydrogens is 212 g/mol. The minimum Gasteiger partial charge on any atom is -0.391 e. The molecule has 0 saturated heterocycles. The fourth-order valence-electron chi connectivity index (χ4n) is 1.56. The molecule has 0 unspecified atom stereocenters. The van der Waals surface area contributed by atoms with Crippen LogP contribution in [0.25, 0.3) is 10.1 Å². The van der Waals surface area contributed by atoms with E-state index in [9.17, 15) is 5.11 Å². The van der Waals surface area contributed by atoms with Crippen LogP contribution in [0.15, 0.2) is 23.1 Å². The van der Waals surface area contributed by atoms with E-state index < -0.39 is 0 Å². The van der Waals surface area contributed by atoms with Gasteiger partial charge < -0.3 is 5.11 Å². The van der Waals surface area contributed by atoms with Crippen LogP contribution >= 0.6 is 23.1 Å². The van der Waals surface area contributed by atoms with Gasteiger partial charge in [0, 0.05) is 19.9 Å². The lowest BCUT2D eigenvalue weighted by molar-refractivity contribution is 0.283. The molecule has 14 heavy (non-hydrogen) atoms. The Bertz CT molecular complexity index is 460. The number of thiophene rings is 1. The van der Waals surface area contributed by atoms with E-state index in [0.717, 1.165) is 4.88 Å². The Labute approximate surface area is 91.8 Å². The summed E-state index contributed by atoms with van der Waals surface area (Å²) in [6.45, 7) is 2.24. The zero-order valence-corrected chi connectivity index (χ0v) is 9.84. The van der Waals surface area contributed by atoms with Crippen LogP contribution in [0.3, 0.4) is 0 Å². The highest BCUT2D eigenvalue weighted by atomic mass is 32.2. The number of aryl methyl sites for hydroxylation is 1. The maximum Gasteiger partial charge on any atom is 0.0786 e. The molecule has 3 heteroatoms.